The van der Waals surface area contributed by atoms with E-state index in [0.717, 1.165) is 18.2 Å². The summed E-state index contributed by atoms with van der Waals surface area (Å²) in [7, 11) is 1.63. The quantitative estimate of drug-likeness (QED) is 0.796. The maximum absolute atomic E-state index is 5.36. The van der Waals surface area contributed by atoms with Gasteiger partial charge in [-0.3, -0.25) is 0 Å². The van der Waals surface area contributed by atoms with Crippen molar-refractivity contribution in [3.05, 3.63) is 6.33 Å². The van der Waals surface area contributed by atoms with Crippen LogP contribution in [0.3, 0.4) is 0 Å². The first-order valence-electron chi connectivity index (χ1n) is 5.99. The maximum Gasteiger partial charge on any atom is 0.204 e. The minimum Gasteiger partial charge on any atom is -0.490 e. The summed E-state index contributed by atoms with van der Waals surface area (Å²) in [6.07, 6.45) is 1.54. The molecular formula is C12H22N4O. The minimum absolute atomic E-state index is 0.327. The lowest BCUT2D eigenvalue weighted by molar-refractivity contribution is 0.413. The standard InChI is InChI=1S/C12H22N4O/c1-6-13-11-10(17-5)12(15-7-14-11)16-9(4)8(2)3/h7-9H,6H2,1-5H3,(H2,13,14,15,16). The van der Waals surface area contributed by atoms with E-state index in [1.165, 1.54) is 6.33 Å². The SMILES string of the molecule is CCNc1ncnc(NC(C)C(C)C)c1OC. The molecule has 0 aromatic carbocycles. The molecule has 5 nitrogen and oxygen atoms in total. The molecule has 1 heterocycles. The first kappa shape index (κ1) is 13.5. The van der Waals surface area contributed by atoms with Crippen LogP contribution in [-0.2, 0) is 0 Å². The fourth-order valence-corrected chi connectivity index (χ4v) is 1.35. The predicted octanol–water partition coefficient (Wildman–Crippen LogP) is 2.37. The van der Waals surface area contributed by atoms with Crippen molar-refractivity contribution in [2.24, 2.45) is 5.92 Å². The molecule has 0 spiro atoms. The zero-order chi connectivity index (χ0) is 12.8. The summed E-state index contributed by atoms with van der Waals surface area (Å²) < 4.78 is 5.36. The lowest BCUT2D eigenvalue weighted by atomic mass is 10.1. The van der Waals surface area contributed by atoms with Crippen molar-refractivity contribution in [3.63, 3.8) is 0 Å². The summed E-state index contributed by atoms with van der Waals surface area (Å²) in [4.78, 5) is 8.39. The monoisotopic (exact) mass is 238 g/mol. The third-order valence-electron chi connectivity index (χ3n) is 2.72. The number of hydrogen-bond donors (Lipinski definition) is 2. The summed E-state index contributed by atoms with van der Waals surface area (Å²) in [5, 5.41) is 6.50. The van der Waals surface area contributed by atoms with Gasteiger partial charge in [-0.25, -0.2) is 9.97 Å². The van der Waals surface area contributed by atoms with Crippen molar-refractivity contribution in [1.82, 2.24) is 9.97 Å². The van der Waals surface area contributed by atoms with Gasteiger partial charge in [0.25, 0.3) is 0 Å². The number of hydrogen-bond acceptors (Lipinski definition) is 5. The van der Waals surface area contributed by atoms with Gasteiger partial charge in [0, 0.05) is 12.6 Å². The smallest absolute Gasteiger partial charge is 0.204 e. The Balaban J connectivity index is 2.94. The zero-order valence-corrected chi connectivity index (χ0v) is 11.2. The second-order valence-electron chi connectivity index (χ2n) is 4.31. The van der Waals surface area contributed by atoms with Crippen molar-refractivity contribution in [3.8, 4) is 5.75 Å². The Morgan fingerprint density at radius 1 is 1.24 bits per heavy atom. The van der Waals surface area contributed by atoms with Crippen LogP contribution in [0.1, 0.15) is 27.7 Å². The summed E-state index contributed by atoms with van der Waals surface area (Å²) in [5.74, 6) is 2.65. The topological polar surface area (TPSA) is 59.1 Å². The number of nitrogens with zero attached hydrogens (tertiary/aromatic N) is 2. The summed E-state index contributed by atoms with van der Waals surface area (Å²) in [5.41, 5.74) is 0. The Morgan fingerprint density at radius 2 is 1.88 bits per heavy atom. The molecule has 1 aromatic heterocycles. The van der Waals surface area contributed by atoms with Crippen molar-refractivity contribution in [2.45, 2.75) is 33.7 Å². The number of anilines is 2. The molecule has 0 fully saturated rings. The predicted molar refractivity (Wildman–Crippen MR) is 70.7 cm³/mol. The molecule has 96 valence electrons. The molecule has 1 rings (SSSR count). The first-order valence-corrected chi connectivity index (χ1v) is 5.99. The number of rotatable bonds is 6. The average molecular weight is 238 g/mol. The van der Waals surface area contributed by atoms with Crippen LogP contribution in [0, 0.1) is 5.92 Å². The zero-order valence-electron chi connectivity index (χ0n) is 11.2. The highest BCUT2D eigenvalue weighted by atomic mass is 16.5. The number of methoxy groups -OCH3 is 1. The van der Waals surface area contributed by atoms with Crippen molar-refractivity contribution >= 4 is 11.6 Å². The maximum atomic E-state index is 5.36. The van der Waals surface area contributed by atoms with Crippen LogP contribution in [0.15, 0.2) is 6.33 Å². The van der Waals surface area contributed by atoms with Gasteiger partial charge in [0.05, 0.1) is 7.11 Å². The average Bonchev–Trinajstić information content (AvgIpc) is 2.29. The van der Waals surface area contributed by atoms with E-state index in [9.17, 15) is 0 Å². The molecule has 0 saturated carbocycles. The normalized spacial score (nSPS) is 12.4. The van der Waals surface area contributed by atoms with Crippen molar-refractivity contribution < 1.29 is 4.74 Å². The summed E-state index contributed by atoms with van der Waals surface area (Å²) in [6.45, 7) is 9.27. The minimum atomic E-state index is 0.327. The fraction of sp³-hybridized carbons (Fsp3) is 0.667. The third kappa shape index (κ3) is 3.47. The van der Waals surface area contributed by atoms with Crippen LogP contribution in [0.2, 0.25) is 0 Å². The molecule has 0 aliphatic carbocycles. The van der Waals surface area contributed by atoms with Gasteiger partial charge in [-0.15, -0.1) is 0 Å². The van der Waals surface area contributed by atoms with Crippen molar-refractivity contribution in [1.29, 1.82) is 0 Å². The largest absolute Gasteiger partial charge is 0.490 e. The highest BCUT2D eigenvalue weighted by molar-refractivity contribution is 5.63. The van der Waals surface area contributed by atoms with E-state index in [2.05, 4.69) is 41.4 Å². The molecule has 0 aliphatic heterocycles. The van der Waals surface area contributed by atoms with Crippen LogP contribution in [0.4, 0.5) is 11.6 Å². The molecule has 17 heavy (non-hydrogen) atoms. The Hall–Kier alpha value is -1.52. The Labute approximate surface area is 103 Å². The third-order valence-corrected chi connectivity index (χ3v) is 2.72. The molecule has 0 saturated heterocycles. The van der Waals surface area contributed by atoms with Crippen LogP contribution in [-0.4, -0.2) is 29.7 Å². The van der Waals surface area contributed by atoms with Crippen LogP contribution >= 0.6 is 0 Å². The van der Waals surface area contributed by atoms with E-state index in [-0.39, 0.29) is 0 Å². The molecule has 5 heteroatoms. The van der Waals surface area contributed by atoms with E-state index in [1.54, 1.807) is 7.11 Å². The van der Waals surface area contributed by atoms with Gasteiger partial charge >= 0.3 is 0 Å². The fourth-order valence-electron chi connectivity index (χ4n) is 1.35. The van der Waals surface area contributed by atoms with Crippen LogP contribution in [0.25, 0.3) is 0 Å². The Morgan fingerprint density at radius 3 is 2.41 bits per heavy atom. The lowest BCUT2D eigenvalue weighted by Gasteiger charge is -2.20. The van der Waals surface area contributed by atoms with Gasteiger partial charge in [-0.05, 0) is 19.8 Å². The summed E-state index contributed by atoms with van der Waals surface area (Å²) >= 11 is 0. The van der Waals surface area contributed by atoms with Gasteiger partial charge in [0.1, 0.15) is 6.33 Å². The summed E-state index contributed by atoms with van der Waals surface area (Å²) in [6, 6.07) is 0.327. The van der Waals surface area contributed by atoms with E-state index in [0.29, 0.717) is 17.7 Å². The number of aromatic nitrogens is 2. The van der Waals surface area contributed by atoms with Gasteiger partial charge in [0.15, 0.2) is 11.6 Å². The van der Waals surface area contributed by atoms with Gasteiger partial charge < -0.3 is 15.4 Å². The van der Waals surface area contributed by atoms with Gasteiger partial charge in [0.2, 0.25) is 5.75 Å². The molecule has 0 aliphatic rings. The molecular weight excluding hydrogens is 216 g/mol. The molecule has 1 atom stereocenters. The Bertz CT molecular complexity index is 354. The first-order chi connectivity index (χ1) is 8.10. The highest BCUT2D eigenvalue weighted by Crippen LogP contribution is 2.29. The molecule has 0 bridgehead atoms. The molecule has 1 unspecified atom stereocenters. The second kappa shape index (κ2) is 6.27. The van der Waals surface area contributed by atoms with E-state index < -0.39 is 0 Å². The highest BCUT2D eigenvalue weighted by Gasteiger charge is 2.14. The van der Waals surface area contributed by atoms with E-state index in [4.69, 9.17) is 4.74 Å². The Kier molecular flexibility index (Phi) is 5.00. The van der Waals surface area contributed by atoms with Crippen LogP contribution < -0.4 is 15.4 Å². The molecule has 0 radical (unpaired) electrons. The van der Waals surface area contributed by atoms with Gasteiger partial charge in [-0.1, -0.05) is 13.8 Å². The molecule has 1 aromatic rings. The molecule has 0 amide bonds. The van der Waals surface area contributed by atoms with Crippen molar-refractivity contribution in [2.75, 3.05) is 24.3 Å². The molecule has 2 N–H and O–H groups in total. The lowest BCUT2D eigenvalue weighted by Crippen LogP contribution is -2.22. The van der Waals surface area contributed by atoms with E-state index >= 15 is 0 Å². The second-order valence-corrected chi connectivity index (χ2v) is 4.31. The van der Waals surface area contributed by atoms with E-state index in [1.807, 2.05) is 6.92 Å². The number of nitrogens with one attached hydrogen (secondary N) is 2. The number of ether oxygens (including phenoxy) is 1. The van der Waals surface area contributed by atoms with Gasteiger partial charge in [-0.2, -0.15) is 0 Å². The van der Waals surface area contributed by atoms with Crippen LogP contribution in [0.5, 0.6) is 5.75 Å².